The van der Waals surface area contributed by atoms with Crippen molar-refractivity contribution in [2.24, 2.45) is 17.1 Å². The van der Waals surface area contributed by atoms with Crippen LogP contribution in [0, 0.1) is 24.1 Å². The summed E-state index contributed by atoms with van der Waals surface area (Å²) in [6.45, 7) is 4.40. The highest BCUT2D eigenvalue weighted by molar-refractivity contribution is 5.96. The molecule has 1 aromatic carbocycles. The van der Waals surface area contributed by atoms with Gasteiger partial charge in [0.2, 0.25) is 5.91 Å². The van der Waals surface area contributed by atoms with Crippen LogP contribution in [0.5, 0.6) is 0 Å². The van der Waals surface area contributed by atoms with E-state index in [1.165, 1.54) is 12.1 Å². The quantitative estimate of drug-likeness (QED) is 0.892. The maximum absolute atomic E-state index is 13.3. The number of aryl methyl sites for hydroxylation is 1. The molecule has 3 nitrogen and oxygen atoms in total. The second-order valence-electron chi connectivity index (χ2n) is 6.08. The third-order valence-corrected chi connectivity index (χ3v) is 4.55. The second kappa shape index (κ2) is 5.92. The fraction of sp³-hybridized carbons (Fsp3) is 0.562. The molecule has 0 heterocycles. The van der Waals surface area contributed by atoms with Gasteiger partial charge in [-0.15, -0.1) is 0 Å². The molecule has 0 spiro atoms. The van der Waals surface area contributed by atoms with E-state index in [1.807, 2.05) is 6.92 Å². The Hall–Kier alpha value is -1.42. The molecular weight excluding hydrogens is 255 g/mol. The van der Waals surface area contributed by atoms with Gasteiger partial charge in [0.15, 0.2) is 0 Å². The van der Waals surface area contributed by atoms with Crippen molar-refractivity contribution in [2.45, 2.75) is 39.5 Å². The Balaban J connectivity index is 2.15. The lowest BCUT2D eigenvalue weighted by Crippen LogP contribution is -2.44. The van der Waals surface area contributed by atoms with Gasteiger partial charge in [0.1, 0.15) is 5.82 Å². The van der Waals surface area contributed by atoms with Gasteiger partial charge >= 0.3 is 0 Å². The molecule has 0 radical (unpaired) electrons. The Labute approximate surface area is 119 Å². The van der Waals surface area contributed by atoms with E-state index < -0.39 is 5.41 Å². The first-order chi connectivity index (χ1) is 9.47. The molecule has 1 saturated carbocycles. The summed E-state index contributed by atoms with van der Waals surface area (Å²) in [6.07, 6.45) is 3.66. The normalized spacial score (nSPS) is 26.3. The summed E-state index contributed by atoms with van der Waals surface area (Å²) in [7, 11) is 0. The third-order valence-electron chi connectivity index (χ3n) is 4.55. The molecule has 1 aliphatic carbocycles. The van der Waals surface area contributed by atoms with Crippen LogP contribution in [0.2, 0.25) is 0 Å². The van der Waals surface area contributed by atoms with Gasteiger partial charge in [-0.3, -0.25) is 4.79 Å². The van der Waals surface area contributed by atoms with Crippen LogP contribution in [0.3, 0.4) is 0 Å². The van der Waals surface area contributed by atoms with Crippen molar-refractivity contribution in [3.8, 4) is 0 Å². The summed E-state index contributed by atoms with van der Waals surface area (Å²) in [5, 5.41) is 2.87. The lowest BCUT2D eigenvalue weighted by Gasteiger charge is -2.37. The third kappa shape index (κ3) is 3.01. The highest BCUT2D eigenvalue weighted by atomic mass is 19.1. The highest BCUT2D eigenvalue weighted by Crippen LogP contribution is 2.39. The Morgan fingerprint density at radius 2 is 2.10 bits per heavy atom. The zero-order chi connectivity index (χ0) is 14.8. The number of hydrogen-bond donors (Lipinski definition) is 2. The first-order valence-electron chi connectivity index (χ1n) is 7.24. The monoisotopic (exact) mass is 278 g/mol. The summed E-state index contributed by atoms with van der Waals surface area (Å²) in [5.74, 6) is 0.240. The van der Waals surface area contributed by atoms with Gasteiger partial charge in [0, 0.05) is 12.2 Å². The van der Waals surface area contributed by atoms with E-state index in [0.717, 1.165) is 31.2 Å². The maximum atomic E-state index is 13.3. The first kappa shape index (κ1) is 15.0. The Kier molecular flexibility index (Phi) is 4.43. The number of hydrogen-bond acceptors (Lipinski definition) is 2. The molecule has 0 unspecified atom stereocenters. The fourth-order valence-corrected chi connectivity index (χ4v) is 2.82. The standard InChI is InChI=1S/C16H23FN2O/c1-11-5-7-16(10-18,8-6-11)15(20)19-14-9-13(17)4-3-12(14)2/h3-4,9,11H,5-8,10,18H2,1-2H3,(H,19,20). The van der Waals surface area contributed by atoms with Crippen molar-refractivity contribution >= 4 is 11.6 Å². The minimum Gasteiger partial charge on any atom is -0.329 e. The molecule has 1 aliphatic rings. The van der Waals surface area contributed by atoms with E-state index in [2.05, 4.69) is 12.2 Å². The van der Waals surface area contributed by atoms with Crippen LogP contribution >= 0.6 is 0 Å². The largest absolute Gasteiger partial charge is 0.329 e. The van der Waals surface area contributed by atoms with E-state index in [4.69, 9.17) is 5.73 Å². The van der Waals surface area contributed by atoms with E-state index in [0.29, 0.717) is 18.2 Å². The van der Waals surface area contributed by atoms with E-state index in [-0.39, 0.29) is 11.7 Å². The van der Waals surface area contributed by atoms with Crippen molar-refractivity contribution in [1.82, 2.24) is 0 Å². The predicted octanol–water partition coefficient (Wildman–Crippen LogP) is 3.23. The molecule has 1 amide bonds. The van der Waals surface area contributed by atoms with Crippen molar-refractivity contribution in [1.29, 1.82) is 0 Å². The Morgan fingerprint density at radius 1 is 1.45 bits per heavy atom. The van der Waals surface area contributed by atoms with Gasteiger partial charge in [-0.25, -0.2) is 4.39 Å². The number of amides is 1. The first-order valence-corrected chi connectivity index (χ1v) is 7.24. The zero-order valence-electron chi connectivity index (χ0n) is 12.2. The number of nitrogens with one attached hydrogen (secondary N) is 1. The number of carbonyl (C=O) groups excluding carboxylic acids is 1. The average Bonchev–Trinajstić information content (AvgIpc) is 2.44. The van der Waals surface area contributed by atoms with Crippen molar-refractivity contribution in [2.75, 3.05) is 11.9 Å². The Bertz CT molecular complexity index is 493. The second-order valence-corrected chi connectivity index (χ2v) is 6.08. The number of anilines is 1. The number of halogens is 1. The number of carbonyl (C=O) groups is 1. The van der Waals surface area contributed by atoms with Gasteiger partial charge in [-0.05, 0) is 56.2 Å². The molecule has 1 fully saturated rings. The van der Waals surface area contributed by atoms with Crippen molar-refractivity contribution in [3.63, 3.8) is 0 Å². The summed E-state index contributed by atoms with van der Waals surface area (Å²) >= 11 is 0. The van der Waals surface area contributed by atoms with Gasteiger partial charge in [-0.2, -0.15) is 0 Å². The molecule has 3 N–H and O–H groups in total. The molecular formula is C16H23FN2O. The molecule has 20 heavy (non-hydrogen) atoms. The lowest BCUT2D eigenvalue weighted by molar-refractivity contribution is -0.127. The van der Waals surface area contributed by atoms with Gasteiger partial charge in [0.25, 0.3) is 0 Å². The summed E-state index contributed by atoms with van der Waals surface area (Å²) in [5.41, 5.74) is 6.78. The molecule has 0 saturated heterocycles. The van der Waals surface area contributed by atoms with Crippen LogP contribution < -0.4 is 11.1 Å². The molecule has 2 rings (SSSR count). The number of benzene rings is 1. The van der Waals surface area contributed by atoms with Crippen LogP contribution in [0.25, 0.3) is 0 Å². The van der Waals surface area contributed by atoms with E-state index in [1.54, 1.807) is 6.07 Å². The molecule has 110 valence electrons. The summed E-state index contributed by atoms with van der Waals surface area (Å²) in [6, 6.07) is 4.43. The predicted molar refractivity (Wildman–Crippen MR) is 78.9 cm³/mol. The van der Waals surface area contributed by atoms with Crippen LogP contribution in [-0.2, 0) is 4.79 Å². The van der Waals surface area contributed by atoms with E-state index >= 15 is 0 Å². The topological polar surface area (TPSA) is 55.1 Å². The maximum Gasteiger partial charge on any atom is 0.231 e. The summed E-state index contributed by atoms with van der Waals surface area (Å²) < 4.78 is 13.3. The zero-order valence-corrected chi connectivity index (χ0v) is 12.2. The molecule has 1 aromatic rings. The summed E-state index contributed by atoms with van der Waals surface area (Å²) in [4.78, 5) is 12.6. The average molecular weight is 278 g/mol. The highest BCUT2D eigenvalue weighted by Gasteiger charge is 2.39. The SMILES string of the molecule is Cc1ccc(F)cc1NC(=O)C1(CN)CCC(C)CC1. The van der Waals surface area contributed by atoms with Crippen LogP contribution in [-0.4, -0.2) is 12.5 Å². The molecule has 0 atom stereocenters. The van der Waals surface area contributed by atoms with Gasteiger partial charge < -0.3 is 11.1 Å². The van der Waals surface area contributed by atoms with Crippen LogP contribution in [0.1, 0.15) is 38.2 Å². The smallest absolute Gasteiger partial charge is 0.231 e. The van der Waals surface area contributed by atoms with Gasteiger partial charge in [0.05, 0.1) is 5.41 Å². The van der Waals surface area contributed by atoms with Crippen molar-refractivity contribution in [3.05, 3.63) is 29.6 Å². The number of rotatable bonds is 3. The van der Waals surface area contributed by atoms with E-state index in [9.17, 15) is 9.18 Å². The Morgan fingerprint density at radius 3 is 2.70 bits per heavy atom. The van der Waals surface area contributed by atoms with Crippen molar-refractivity contribution < 1.29 is 9.18 Å². The lowest BCUT2D eigenvalue weighted by atomic mass is 9.70. The molecule has 0 bridgehead atoms. The van der Waals surface area contributed by atoms with Crippen LogP contribution in [0.4, 0.5) is 10.1 Å². The van der Waals surface area contributed by atoms with Crippen LogP contribution in [0.15, 0.2) is 18.2 Å². The fourth-order valence-electron chi connectivity index (χ4n) is 2.82. The number of nitrogens with two attached hydrogens (primary N) is 1. The minimum absolute atomic E-state index is 0.0689. The molecule has 4 heteroatoms. The minimum atomic E-state index is -0.495. The molecule has 0 aliphatic heterocycles. The molecule has 0 aromatic heterocycles. The van der Waals surface area contributed by atoms with Gasteiger partial charge in [-0.1, -0.05) is 13.0 Å².